The van der Waals surface area contributed by atoms with Crippen LogP contribution < -0.4 is 5.56 Å². The Morgan fingerprint density at radius 3 is 2.24 bits per heavy atom. The summed E-state index contributed by atoms with van der Waals surface area (Å²) in [5, 5.41) is 9.94. The van der Waals surface area contributed by atoms with Crippen LogP contribution in [0.15, 0.2) is 17.1 Å². The van der Waals surface area contributed by atoms with Gasteiger partial charge in [0.2, 0.25) is 0 Å². The summed E-state index contributed by atoms with van der Waals surface area (Å²) in [5.41, 5.74) is -5.47. The molecule has 33 heavy (non-hydrogen) atoms. The summed E-state index contributed by atoms with van der Waals surface area (Å²) in [5.74, 6) is 0. The molecule has 15 nitrogen and oxygen atoms in total. The van der Waals surface area contributed by atoms with E-state index < -0.39 is 70.7 Å². The molecular formula is C10H13F4N2O13P3S. The van der Waals surface area contributed by atoms with E-state index in [1.807, 2.05) is 4.98 Å². The topological polar surface area (TPSA) is 227 Å². The average molecular weight is 570 g/mol. The molecule has 0 aliphatic carbocycles. The number of aromatic nitrogens is 2. The van der Waals surface area contributed by atoms with Crippen molar-refractivity contribution in [3.8, 4) is 0 Å². The van der Waals surface area contributed by atoms with Gasteiger partial charge in [0.25, 0.3) is 11.2 Å². The van der Waals surface area contributed by atoms with Crippen molar-refractivity contribution in [3.63, 3.8) is 0 Å². The summed E-state index contributed by atoms with van der Waals surface area (Å²) in [7, 11) is -17.5. The smallest absolute Gasteiger partial charge is 0.386 e. The van der Waals surface area contributed by atoms with Crippen molar-refractivity contribution >= 4 is 35.7 Å². The minimum atomic E-state index is -5.95. The number of phosphoric ester groups is 1. The molecule has 0 bridgehead atoms. The van der Waals surface area contributed by atoms with Gasteiger partial charge in [0.15, 0.2) is 11.0 Å². The van der Waals surface area contributed by atoms with Crippen LogP contribution in [0.1, 0.15) is 6.23 Å². The van der Waals surface area contributed by atoms with Crippen LogP contribution in [-0.2, 0) is 31.6 Å². The van der Waals surface area contributed by atoms with Gasteiger partial charge in [-0.25, -0.2) is 18.1 Å². The maximum atomic E-state index is 15.1. The summed E-state index contributed by atoms with van der Waals surface area (Å²) < 4.78 is 104. The van der Waals surface area contributed by atoms with E-state index in [-0.39, 0.29) is 4.57 Å². The minimum Gasteiger partial charge on any atom is -0.386 e. The number of phosphoric acid groups is 3. The molecule has 0 amide bonds. The molecule has 2 rings (SSSR count). The standard InChI is InChI=1S/C10H13F4N2O13P3S/c11-9(10(12,13)14)6(18)4(27-7(9)16-2-1-5(17)15-8(16)33)3-26-31(22,23)29-32(24,25)28-30(19,20)21/h1-2,4,6-7,18H,3H2,(H,22,23)(H,24,25)(H,15,17,33)(H2,19,20,21)/t4-,6?,7-,9-/m1/s1. The number of nitrogens with one attached hydrogen (secondary N) is 1. The summed E-state index contributed by atoms with van der Waals surface area (Å²) in [6.45, 7) is -1.58. The molecule has 23 heteroatoms. The van der Waals surface area contributed by atoms with Crippen LogP contribution in [0, 0.1) is 4.77 Å². The Morgan fingerprint density at radius 2 is 1.76 bits per heavy atom. The first kappa shape index (κ1) is 28.4. The molecular weight excluding hydrogens is 557 g/mol. The molecule has 190 valence electrons. The predicted molar refractivity (Wildman–Crippen MR) is 95.5 cm³/mol. The van der Waals surface area contributed by atoms with Gasteiger partial charge in [-0.05, 0) is 12.2 Å². The lowest BCUT2D eigenvalue weighted by Crippen LogP contribution is -2.54. The molecule has 1 fully saturated rings. The second kappa shape index (κ2) is 9.31. The summed E-state index contributed by atoms with van der Waals surface area (Å²) in [4.78, 5) is 48.4. The first-order valence-corrected chi connectivity index (χ1v) is 12.8. The van der Waals surface area contributed by atoms with Gasteiger partial charge in [-0.1, -0.05) is 0 Å². The summed E-state index contributed by atoms with van der Waals surface area (Å²) in [6.07, 6.45) is -13.5. The third kappa shape index (κ3) is 6.64. The van der Waals surface area contributed by atoms with Crippen LogP contribution in [0.4, 0.5) is 17.6 Å². The quantitative estimate of drug-likeness (QED) is 0.144. The zero-order valence-electron chi connectivity index (χ0n) is 15.3. The number of hydrogen-bond acceptors (Lipinski definition) is 10. The monoisotopic (exact) mass is 570 g/mol. The number of nitrogens with zero attached hydrogens (tertiary/aromatic N) is 1. The summed E-state index contributed by atoms with van der Waals surface area (Å²) >= 11 is 4.65. The molecule has 2 heterocycles. The van der Waals surface area contributed by atoms with Crippen LogP contribution in [0.25, 0.3) is 0 Å². The van der Waals surface area contributed by atoms with Gasteiger partial charge in [0, 0.05) is 12.3 Å². The van der Waals surface area contributed by atoms with E-state index in [1.54, 1.807) is 0 Å². The highest BCUT2D eigenvalue weighted by molar-refractivity contribution is 7.71. The molecule has 0 radical (unpaired) electrons. The zero-order chi connectivity index (χ0) is 25.6. The highest BCUT2D eigenvalue weighted by Crippen LogP contribution is 2.66. The van der Waals surface area contributed by atoms with Crippen LogP contribution in [-0.4, -0.2) is 64.9 Å². The van der Waals surface area contributed by atoms with Gasteiger partial charge in [-0.2, -0.15) is 21.8 Å². The van der Waals surface area contributed by atoms with Gasteiger partial charge >= 0.3 is 29.6 Å². The Labute approximate surface area is 184 Å². The fourth-order valence-electron chi connectivity index (χ4n) is 2.54. The lowest BCUT2D eigenvalue weighted by molar-refractivity contribution is -0.273. The van der Waals surface area contributed by atoms with Crippen molar-refractivity contribution in [2.24, 2.45) is 0 Å². The highest BCUT2D eigenvalue weighted by Gasteiger charge is 2.73. The van der Waals surface area contributed by atoms with Crippen molar-refractivity contribution in [3.05, 3.63) is 27.4 Å². The van der Waals surface area contributed by atoms with Crippen LogP contribution in [0.3, 0.4) is 0 Å². The van der Waals surface area contributed by atoms with Crippen LogP contribution in [0.5, 0.6) is 0 Å². The minimum absolute atomic E-state index is 0.290. The van der Waals surface area contributed by atoms with Crippen molar-refractivity contribution in [1.29, 1.82) is 0 Å². The third-order valence-electron chi connectivity index (χ3n) is 3.80. The molecule has 0 aromatic carbocycles. The number of alkyl halides is 4. The normalized spacial score (nSPS) is 30.0. The zero-order valence-corrected chi connectivity index (χ0v) is 18.8. The van der Waals surface area contributed by atoms with Crippen molar-refractivity contribution in [2.45, 2.75) is 30.3 Å². The second-order valence-electron chi connectivity index (χ2n) is 6.14. The van der Waals surface area contributed by atoms with Gasteiger partial charge in [0.05, 0.1) is 6.61 Å². The van der Waals surface area contributed by atoms with Gasteiger partial charge < -0.3 is 29.4 Å². The van der Waals surface area contributed by atoms with Crippen LogP contribution in [0.2, 0.25) is 0 Å². The Kier molecular flexibility index (Phi) is 8.01. The number of rotatable bonds is 8. The van der Waals surface area contributed by atoms with E-state index in [4.69, 9.17) is 19.4 Å². The molecule has 3 unspecified atom stereocenters. The van der Waals surface area contributed by atoms with E-state index in [9.17, 15) is 41.7 Å². The Balaban J connectivity index is 2.29. The number of aliphatic hydroxyl groups is 1. The fourth-order valence-corrected chi connectivity index (χ4v) is 5.83. The Bertz CT molecular complexity index is 1150. The fraction of sp³-hybridized carbons (Fsp3) is 0.600. The number of aromatic amines is 1. The largest absolute Gasteiger partial charge is 0.490 e. The Hall–Kier alpha value is -0.850. The molecule has 1 saturated heterocycles. The first-order chi connectivity index (χ1) is 14.7. The Morgan fingerprint density at radius 1 is 1.18 bits per heavy atom. The number of aliphatic hydroxyl groups excluding tert-OH is 1. The maximum Gasteiger partial charge on any atom is 0.490 e. The van der Waals surface area contributed by atoms with Crippen LogP contribution >= 0.6 is 35.7 Å². The molecule has 1 aliphatic heterocycles. The highest BCUT2D eigenvalue weighted by atomic mass is 32.1. The average Bonchev–Trinajstić information content (AvgIpc) is 2.82. The first-order valence-electron chi connectivity index (χ1n) is 7.87. The molecule has 6 N–H and O–H groups in total. The lowest BCUT2D eigenvalue weighted by Gasteiger charge is -2.31. The maximum absolute atomic E-state index is 15.1. The van der Waals surface area contributed by atoms with Gasteiger partial charge in [-0.3, -0.25) is 18.9 Å². The second-order valence-corrected chi connectivity index (χ2v) is 10.9. The molecule has 1 aliphatic rings. The molecule has 0 spiro atoms. The predicted octanol–water partition coefficient (Wildman–Crippen LogP) is 0.778. The van der Waals surface area contributed by atoms with Gasteiger partial charge in [-0.15, -0.1) is 0 Å². The van der Waals surface area contributed by atoms with Crippen molar-refractivity contribution in [2.75, 3.05) is 6.61 Å². The van der Waals surface area contributed by atoms with E-state index in [0.717, 1.165) is 0 Å². The number of ether oxygens (including phenoxy) is 1. The molecule has 1 aromatic rings. The SMILES string of the molecule is O=c1ccn([C@@H]2O[C@H](COP(=O)(O)OP(=O)(O)OP(=O)(O)O)C(O)[C@]2(F)C(F)(F)F)c(=S)[nH]1. The molecule has 6 atom stereocenters. The summed E-state index contributed by atoms with van der Waals surface area (Å²) in [6, 6.07) is 0.654. The number of halogens is 4. The number of hydrogen-bond donors (Lipinski definition) is 6. The van der Waals surface area contributed by atoms with Crippen molar-refractivity contribution < 1.29 is 73.8 Å². The number of H-pyrrole nitrogens is 1. The van der Waals surface area contributed by atoms with E-state index >= 15 is 4.39 Å². The molecule has 0 saturated carbocycles. The van der Waals surface area contributed by atoms with Gasteiger partial charge in [0.1, 0.15) is 12.2 Å². The third-order valence-corrected chi connectivity index (χ3v) is 7.92. The van der Waals surface area contributed by atoms with Crippen molar-refractivity contribution in [1.82, 2.24) is 9.55 Å². The lowest BCUT2D eigenvalue weighted by atomic mass is 9.95. The van der Waals surface area contributed by atoms with E-state index in [1.165, 1.54) is 0 Å². The van der Waals surface area contributed by atoms with E-state index in [2.05, 4.69) is 25.4 Å². The molecule has 1 aromatic heterocycles. The van der Waals surface area contributed by atoms with E-state index in [0.29, 0.717) is 12.3 Å².